The molecule has 118 valence electrons. The molecule has 7 nitrogen and oxygen atoms in total. The highest BCUT2D eigenvalue weighted by Gasteiger charge is 2.61. The Morgan fingerprint density at radius 3 is 2.62 bits per heavy atom. The molecule has 2 heterocycles. The van der Waals surface area contributed by atoms with E-state index in [1.165, 1.54) is 0 Å². The molecule has 0 aromatic carbocycles. The van der Waals surface area contributed by atoms with Gasteiger partial charge in [0.1, 0.15) is 11.1 Å². The molecule has 3 N–H and O–H groups in total. The fraction of sp³-hybridized carbons (Fsp3) is 0.600. The normalized spacial score (nSPS) is 32.8. The highest BCUT2D eigenvalue weighted by Crippen LogP contribution is 2.41. The van der Waals surface area contributed by atoms with E-state index >= 15 is 0 Å². The number of aromatic nitrogens is 2. The zero-order valence-electron chi connectivity index (χ0n) is 10.2. The lowest BCUT2D eigenvalue weighted by molar-refractivity contribution is -0.195. The van der Waals surface area contributed by atoms with Gasteiger partial charge in [0, 0.05) is 6.20 Å². The Kier molecular flexibility index (Phi) is 4.15. The second kappa shape index (κ2) is 5.44. The van der Waals surface area contributed by atoms with Gasteiger partial charge in [-0.25, -0.2) is 18.0 Å². The lowest BCUT2D eigenvalue weighted by Gasteiger charge is -2.28. The average molecular weight is 331 g/mol. The Morgan fingerprint density at radius 2 is 2.14 bits per heavy atom. The third-order valence-electron chi connectivity index (χ3n) is 3.23. The van der Waals surface area contributed by atoms with Gasteiger partial charge >= 0.3 is 5.69 Å². The molecule has 0 amide bonds. The molecule has 0 spiro atoms. The number of H-pyrrole nitrogens is 1. The van der Waals surface area contributed by atoms with Crippen molar-refractivity contribution in [3.05, 3.63) is 32.1 Å². The molecule has 0 saturated carbocycles. The van der Waals surface area contributed by atoms with Crippen molar-refractivity contribution in [3.8, 4) is 0 Å². The van der Waals surface area contributed by atoms with Crippen LogP contribution >= 0.6 is 11.6 Å². The van der Waals surface area contributed by atoms with E-state index in [-0.39, 0.29) is 0 Å². The van der Waals surface area contributed by atoms with Gasteiger partial charge in [-0.05, 0) is 0 Å². The lowest BCUT2D eigenvalue weighted by Crippen LogP contribution is -2.51. The average Bonchev–Trinajstić information content (AvgIpc) is 2.68. The van der Waals surface area contributed by atoms with Crippen LogP contribution in [-0.4, -0.2) is 50.7 Å². The van der Waals surface area contributed by atoms with Crippen LogP contribution in [0.4, 0.5) is 13.2 Å². The largest absolute Gasteiger partial charge is 0.393 e. The van der Waals surface area contributed by atoms with Crippen LogP contribution in [0.2, 0.25) is 5.02 Å². The molecule has 4 atom stereocenters. The minimum atomic E-state index is -3.41. The third-order valence-corrected chi connectivity index (χ3v) is 3.50. The van der Waals surface area contributed by atoms with Crippen LogP contribution in [0.1, 0.15) is 6.23 Å². The number of hydrogen-bond donors (Lipinski definition) is 3. The number of hydrogen-bond acceptors (Lipinski definition) is 5. The molecule has 1 aromatic rings. The first-order valence-electron chi connectivity index (χ1n) is 5.64. The third kappa shape index (κ3) is 2.37. The number of nitrogens with one attached hydrogen (secondary N) is 1. The summed E-state index contributed by atoms with van der Waals surface area (Å²) in [6.45, 7) is -1.37. The molecule has 1 aliphatic heterocycles. The standard InChI is InChI=1S/C10H10ClF3N2O5/c11-3-1-16(9(20)15-6(3)19)7-4(12)5(18)10(2-17,21-7)8(13)14/h1,4-5,7-8,17-18H,2H2,(H,15,19,20)/t4?,5-,7+,10+/m0/s1. The first kappa shape index (κ1) is 16.0. The summed E-state index contributed by atoms with van der Waals surface area (Å²) in [7, 11) is 0. The van der Waals surface area contributed by atoms with Gasteiger partial charge < -0.3 is 14.9 Å². The predicted octanol–water partition coefficient (Wildman–Crippen LogP) is -0.586. The summed E-state index contributed by atoms with van der Waals surface area (Å²) in [5.41, 5.74) is -4.98. The molecule has 1 saturated heterocycles. The van der Waals surface area contributed by atoms with E-state index < -0.39 is 53.4 Å². The van der Waals surface area contributed by atoms with E-state index in [1.807, 2.05) is 0 Å². The highest BCUT2D eigenvalue weighted by molar-refractivity contribution is 6.30. The van der Waals surface area contributed by atoms with Crippen LogP contribution in [0.25, 0.3) is 0 Å². The molecule has 11 heteroatoms. The number of aliphatic hydroxyl groups is 2. The van der Waals surface area contributed by atoms with Crippen LogP contribution in [0.3, 0.4) is 0 Å². The Morgan fingerprint density at radius 1 is 1.52 bits per heavy atom. The Balaban J connectivity index is 2.50. The van der Waals surface area contributed by atoms with Gasteiger partial charge in [0.25, 0.3) is 12.0 Å². The molecule has 1 unspecified atom stereocenters. The van der Waals surface area contributed by atoms with Gasteiger partial charge in [-0.3, -0.25) is 14.3 Å². The molecule has 0 aliphatic carbocycles. The second-order valence-electron chi connectivity index (χ2n) is 4.46. The zero-order chi connectivity index (χ0) is 15.9. The number of alkyl halides is 3. The maximum atomic E-state index is 14.0. The summed E-state index contributed by atoms with van der Waals surface area (Å²) in [6.07, 6.45) is -9.49. The van der Waals surface area contributed by atoms with E-state index in [1.54, 1.807) is 4.98 Å². The first-order valence-corrected chi connectivity index (χ1v) is 6.02. The van der Waals surface area contributed by atoms with Gasteiger partial charge in [0.2, 0.25) is 0 Å². The van der Waals surface area contributed by atoms with E-state index in [0.717, 1.165) is 0 Å². The zero-order valence-corrected chi connectivity index (χ0v) is 10.9. The molecule has 2 rings (SSSR count). The number of aromatic amines is 1. The molecule has 0 bridgehead atoms. The maximum absolute atomic E-state index is 14.0. The van der Waals surface area contributed by atoms with Gasteiger partial charge in [0.05, 0.1) is 6.61 Å². The fourth-order valence-electron chi connectivity index (χ4n) is 2.03. The molecule has 1 aromatic heterocycles. The van der Waals surface area contributed by atoms with Crippen molar-refractivity contribution in [2.24, 2.45) is 0 Å². The van der Waals surface area contributed by atoms with Gasteiger partial charge in [-0.2, -0.15) is 0 Å². The van der Waals surface area contributed by atoms with Crippen molar-refractivity contribution >= 4 is 11.6 Å². The van der Waals surface area contributed by atoms with E-state index in [4.69, 9.17) is 21.4 Å². The minimum absolute atomic E-state index is 0.428. The van der Waals surface area contributed by atoms with Crippen molar-refractivity contribution in [3.63, 3.8) is 0 Å². The van der Waals surface area contributed by atoms with Crippen molar-refractivity contribution in [2.75, 3.05) is 6.61 Å². The summed E-state index contributed by atoms with van der Waals surface area (Å²) in [4.78, 5) is 24.4. The molecule has 1 fully saturated rings. The topological polar surface area (TPSA) is 105 Å². The number of rotatable bonds is 3. The van der Waals surface area contributed by atoms with Crippen LogP contribution in [0, 0.1) is 0 Å². The second-order valence-corrected chi connectivity index (χ2v) is 4.86. The van der Waals surface area contributed by atoms with Crippen LogP contribution in [-0.2, 0) is 4.74 Å². The number of aliphatic hydroxyl groups excluding tert-OH is 2. The van der Waals surface area contributed by atoms with Crippen molar-refractivity contribution in [2.45, 2.75) is 30.5 Å². The SMILES string of the molecule is O=c1[nH]c(=O)n([C@@H]2O[C@@](CO)(C(F)F)[C@@H](O)C2F)cc1Cl. The van der Waals surface area contributed by atoms with Gasteiger partial charge in [0.15, 0.2) is 18.0 Å². The Hall–Kier alpha value is -1.36. The van der Waals surface area contributed by atoms with E-state index in [2.05, 4.69) is 0 Å². The summed E-state index contributed by atoms with van der Waals surface area (Å²) in [5, 5.41) is 18.1. The van der Waals surface area contributed by atoms with Crippen molar-refractivity contribution < 1.29 is 28.1 Å². The van der Waals surface area contributed by atoms with Crippen molar-refractivity contribution in [1.29, 1.82) is 0 Å². The maximum Gasteiger partial charge on any atom is 0.330 e. The fourth-order valence-corrected chi connectivity index (χ4v) is 2.18. The summed E-state index contributed by atoms with van der Waals surface area (Å²) in [6, 6.07) is 0. The predicted molar refractivity (Wildman–Crippen MR) is 63.2 cm³/mol. The highest BCUT2D eigenvalue weighted by atomic mass is 35.5. The van der Waals surface area contributed by atoms with E-state index in [0.29, 0.717) is 10.8 Å². The summed E-state index contributed by atoms with van der Waals surface area (Å²) >= 11 is 5.47. The number of ether oxygens (including phenoxy) is 1. The Bertz CT molecular complexity index is 650. The van der Waals surface area contributed by atoms with Gasteiger partial charge in [-0.1, -0.05) is 11.6 Å². The quantitative estimate of drug-likeness (QED) is 0.687. The first-order chi connectivity index (χ1) is 9.74. The monoisotopic (exact) mass is 330 g/mol. The van der Waals surface area contributed by atoms with Crippen LogP contribution < -0.4 is 11.2 Å². The van der Waals surface area contributed by atoms with Crippen LogP contribution in [0.15, 0.2) is 15.8 Å². The van der Waals surface area contributed by atoms with Crippen LogP contribution in [0.5, 0.6) is 0 Å². The smallest absolute Gasteiger partial charge is 0.330 e. The lowest BCUT2D eigenvalue weighted by atomic mass is 9.97. The minimum Gasteiger partial charge on any atom is -0.393 e. The molecular formula is C10H10ClF3N2O5. The molecule has 1 aliphatic rings. The number of halogens is 4. The summed E-state index contributed by atoms with van der Waals surface area (Å²) in [5.74, 6) is 0. The van der Waals surface area contributed by atoms with Crippen molar-refractivity contribution in [1.82, 2.24) is 9.55 Å². The molecule has 0 radical (unpaired) electrons. The van der Waals surface area contributed by atoms with E-state index in [9.17, 15) is 27.9 Å². The molecular weight excluding hydrogens is 321 g/mol. The Labute approximate surface area is 119 Å². The summed E-state index contributed by atoms with van der Waals surface area (Å²) < 4.78 is 45.1. The molecule has 21 heavy (non-hydrogen) atoms. The van der Waals surface area contributed by atoms with Gasteiger partial charge in [-0.15, -0.1) is 0 Å². The number of nitrogens with zero attached hydrogens (tertiary/aromatic N) is 1.